The van der Waals surface area contributed by atoms with Crippen molar-refractivity contribution >= 4 is 17.5 Å². The van der Waals surface area contributed by atoms with Crippen LogP contribution in [0.2, 0.25) is 0 Å². The first-order valence-corrected chi connectivity index (χ1v) is 6.15. The van der Waals surface area contributed by atoms with Crippen molar-refractivity contribution in [1.82, 2.24) is 0 Å². The van der Waals surface area contributed by atoms with E-state index in [1.807, 2.05) is 13.8 Å². The summed E-state index contributed by atoms with van der Waals surface area (Å²) in [6, 6.07) is 0. The second-order valence-electron chi connectivity index (χ2n) is 3.95. The van der Waals surface area contributed by atoms with Crippen molar-refractivity contribution in [3.05, 3.63) is 0 Å². The molecule has 0 aromatic heterocycles. The van der Waals surface area contributed by atoms with E-state index in [1.54, 1.807) is 11.8 Å². The SMILES string of the molecule is CC(C)OCC(O)CC1CSCC1=O. The van der Waals surface area contributed by atoms with Crippen LogP contribution in [0.1, 0.15) is 20.3 Å². The van der Waals surface area contributed by atoms with Crippen LogP contribution in [0.25, 0.3) is 0 Å². The van der Waals surface area contributed by atoms with E-state index in [9.17, 15) is 9.90 Å². The summed E-state index contributed by atoms with van der Waals surface area (Å²) in [5.74, 6) is 1.80. The molecule has 0 saturated carbocycles. The Kier molecular flexibility index (Phi) is 4.92. The minimum Gasteiger partial charge on any atom is -0.391 e. The van der Waals surface area contributed by atoms with Gasteiger partial charge in [-0.1, -0.05) is 0 Å². The van der Waals surface area contributed by atoms with Gasteiger partial charge < -0.3 is 9.84 Å². The number of Topliss-reactive ketones (excluding diaryl/α,β-unsaturated/α-hetero) is 1. The van der Waals surface area contributed by atoms with Gasteiger partial charge in [-0.15, -0.1) is 0 Å². The highest BCUT2D eigenvalue weighted by Crippen LogP contribution is 2.24. The fraction of sp³-hybridized carbons (Fsp3) is 0.900. The zero-order valence-electron chi connectivity index (χ0n) is 8.73. The lowest BCUT2D eigenvalue weighted by Crippen LogP contribution is -2.24. The Morgan fingerprint density at radius 1 is 1.64 bits per heavy atom. The smallest absolute Gasteiger partial charge is 0.146 e. The zero-order chi connectivity index (χ0) is 10.6. The van der Waals surface area contributed by atoms with Crippen LogP contribution in [0.15, 0.2) is 0 Å². The highest BCUT2D eigenvalue weighted by molar-refractivity contribution is 8.00. The van der Waals surface area contributed by atoms with Gasteiger partial charge >= 0.3 is 0 Å². The predicted octanol–water partition coefficient (Wildman–Crippen LogP) is 1.09. The van der Waals surface area contributed by atoms with E-state index in [0.717, 1.165) is 5.75 Å². The number of hydrogen-bond donors (Lipinski definition) is 1. The van der Waals surface area contributed by atoms with Crippen molar-refractivity contribution in [3.8, 4) is 0 Å². The van der Waals surface area contributed by atoms with Crippen LogP contribution in [0.3, 0.4) is 0 Å². The lowest BCUT2D eigenvalue weighted by atomic mass is 10.0. The summed E-state index contributed by atoms with van der Waals surface area (Å²) in [4.78, 5) is 11.3. The Labute approximate surface area is 89.2 Å². The maximum Gasteiger partial charge on any atom is 0.146 e. The first-order chi connectivity index (χ1) is 6.59. The molecule has 1 rings (SSSR count). The van der Waals surface area contributed by atoms with Gasteiger partial charge in [0.15, 0.2) is 0 Å². The molecule has 0 aromatic rings. The van der Waals surface area contributed by atoms with Crippen LogP contribution in [0.5, 0.6) is 0 Å². The minimum absolute atomic E-state index is 0.0470. The van der Waals surface area contributed by atoms with Gasteiger partial charge in [0.05, 0.1) is 24.6 Å². The Bertz CT molecular complexity index is 194. The summed E-state index contributed by atoms with van der Waals surface area (Å²) >= 11 is 1.66. The van der Waals surface area contributed by atoms with Crippen LogP contribution in [-0.4, -0.2) is 41.2 Å². The molecular formula is C10H18O3S. The fourth-order valence-corrected chi connectivity index (χ4v) is 2.57. The van der Waals surface area contributed by atoms with Gasteiger partial charge in [-0.25, -0.2) is 0 Å². The van der Waals surface area contributed by atoms with Gasteiger partial charge in [-0.2, -0.15) is 11.8 Å². The maximum absolute atomic E-state index is 11.3. The third-order valence-corrected chi connectivity index (χ3v) is 3.32. The van der Waals surface area contributed by atoms with Crippen LogP contribution in [-0.2, 0) is 9.53 Å². The van der Waals surface area contributed by atoms with Crippen molar-refractivity contribution in [2.75, 3.05) is 18.1 Å². The van der Waals surface area contributed by atoms with Crippen molar-refractivity contribution in [2.45, 2.75) is 32.5 Å². The van der Waals surface area contributed by atoms with Crippen LogP contribution < -0.4 is 0 Å². The highest BCUT2D eigenvalue weighted by Gasteiger charge is 2.27. The molecule has 1 saturated heterocycles. The maximum atomic E-state index is 11.3. The number of carbonyl (C=O) groups is 1. The molecule has 0 aliphatic carbocycles. The number of rotatable bonds is 5. The third kappa shape index (κ3) is 3.98. The van der Waals surface area contributed by atoms with E-state index >= 15 is 0 Å². The van der Waals surface area contributed by atoms with Crippen molar-refractivity contribution in [2.24, 2.45) is 5.92 Å². The lowest BCUT2D eigenvalue weighted by molar-refractivity contribution is -0.120. The first-order valence-electron chi connectivity index (χ1n) is 4.99. The molecule has 2 atom stereocenters. The molecule has 0 bridgehead atoms. The van der Waals surface area contributed by atoms with Crippen LogP contribution in [0, 0.1) is 5.92 Å². The number of ether oxygens (including phenoxy) is 1. The standard InChI is InChI=1S/C10H18O3S/c1-7(2)13-4-9(11)3-8-5-14-6-10(8)12/h7-9,11H,3-6H2,1-2H3. The largest absolute Gasteiger partial charge is 0.391 e. The van der Waals surface area contributed by atoms with E-state index in [2.05, 4.69) is 0 Å². The highest BCUT2D eigenvalue weighted by atomic mass is 32.2. The van der Waals surface area contributed by atoms with E-state index in [4.69, 9.17) is 4.74 Å². The molecule has 1 heterocycles. The zero-order valence-corrected chi connectivity index (χ0v) is 9.55. The molecule has 1 fully saturated rings. The second kappa shape index (κ2) is 5.73. The molecule has 3 nitrogen and oxygen atoms in total. The topological polar surface area (TPSA) is 46.5 Å². The van der Waals surface area contributed by atoms with Crippen LogP contribution >= 0.6 is 11.8 Å². The quantitative estimate of drug-likeness (QED) is 0.750. The van der Waals surface area contributed by atoms with Crippen molar-refractivity contribution < 1.29 is 14.6 Å². The molecule has 1 N–H and O–H groups in total. The number of aliphatic hydroxyl groups excluding tert-OH is 1. The molecule has 0 amide bonds. The predicted molar refractivity (Wildman–Crippen MR) is 57.5 cm³/mol. The first kappa shape index (κ1) is 12.0. The molecule has 2 unspecified atom stereocenters. The third-order valence-electron chi connectivity index (χ3n) is 2.20. The van der Waals surface area contributed by atoms with Gasteiger partial charge in [-0.3, -0.25) is 4.79 Å². The number of hydrogen-bond acceptors (Lipinski definition) is 4. The molecule has 0 radical (unpaired) electrons. The molecule has 1 aliphatic heterocycles. The molecule has 1 aliphatic rings. The Hall–Kier alpha value is -0.0600. The van der Waals surface area contributed by atoms with Gasteiger partial charge in [0.25, 0.3) is 0 Å². The summed E-state index contributed by atoms with van der Waals surface area (Å²) in [5, 5.41) is 9.59. The average Bonchev–Trinajstić information content (AvgIpc) is 2.49. The normalized spacial score (nSPS) is 24.6. The Balaban J connectivity index is 2.19. The van der Waals surface area contributed by atoms with E-state index in [0.29, 0.717) is 18.8 Å². The number of aliphatic hydroxyl groups is 1. The van der Waals surface area contributed by atoms with Crippen molar-refractivity contribution in [3.63, 3.8) is 0 Å². The summed E-state index contributed by atoms with van der Waals surface area (Å²) in [7, 11) is 0. The van der Waals surface area contributed by atoms with Gasteiger partial charge in [-0.05, 0) is 20.3 Å². The molecule has 0 spiro atoms. The lowest BCUT2D eigenvalue weighted by Gasteiger charge is -2.15. The molecular weight excluding hydrogens is 200 g/mol. The van der Waals surface area contributed by atoms with E-state index < -0.39 is 6.10 Å². The van der Waals surface area contributed by atoms with Crippen LogP contribution in [0.4, 0.5) is 0 Å². The van der Waals surface area contributed by atoms with Gasteiger partial charge in [0, 0.05) is 11.7 Å². The average molecular weight is 218 g/mol. The molecule has 14 heavy (non-hydrogen) atoms. The van der Waals surface area contributed by atoms with Crippen molar-refractivity contribution in [1.29, 1.82) is 0 Å². The monoisotopic (exact) mass is 218 g/mol. The molecule has 0 aromatic carbocycles. The Morgan fingerprint density at radius 2 is 2.36 bits per heavy atom. The fourth-order valence-electron chi connectivity index (χ4n) is 1.41. The number of thioether (sulfide) groups is 1. The summed E-state index contributed by atoms with van der Waals surface area (Å²) in [6.45, 7) is 4.21. The number of ketones is 1. The summed E-state index contributed by atoms with van der Waals surface area (Å²) < 4.78 is 5.28. The van der Waals surface area contributed by atoms with E-state index in [1.165, 1.54) is 0 Å². The second-order valence-corrected chi connectivity index (χ2v) is 4.98. The molecule has 82 valence electrons. The van der Waals surface area contributed by atoms with Gasteiger partial charge in [0.1, 0.15) is 5.78 Å². The summed E-state index contributed by atoms with van der Waals surface area (Å²) in [5.41, 5.74) is 0. The van der Waals surface area contributed by atoms with E-state index in [-0.39, 0.29) is 17.8 Å². The van der Waals surface area contributed by atoms with Gasteiger partial charge in [0.2, 0.25) is 0 Å². The summed E-state index contributed by atoms with van der Waals surface area (Å²) in [6.07, 6.45) is 0.196. The molecule has 4 heteroatoms. The minimum atomic E-state index is -0.495. The Morgan fingerprint density at radius 3 is 2.86 bits per heavy atom. The number of carbonyl (C=O) groups excluding carboxylic acids is 1.